The van der Waals surface area contributed by atoms with Crippen molar-refractivity contribution in [2.45, 2.75) is 5.92 Å². The van der Waals surface area contributed by atoms with E-state index in [1.54, 1.807) is 12.1 Å². The van der Waals surface area contributed by atoms with E-state index >= 15 is 0 Å². The summed E-state index contributed by atoms with van der Waals surface area (Å²) < 4.78 is 10.4. The number of aromatic hydroxyl groups is 3. The summed E-state index contributed by atoms with van der Waals surface area (Å²) in [7, 11) is 1.28. The summed E-state index contributed by atoms with van der Waals surface area (Å²) in [5, 5.41) is 29.2. The predicted molar refractivity (Wildman–Crippen MR) is 77.0 cm³/mol. The summed E-state index contributed by atoms with van der Waals surface area (Å²) in [5.74, 6) is -1.61. The maximum atomic E-state index is 12.7. The first-order valence-corrected chi connectivity index (χ1v) is 6.61. The molecule has 0 unspecified atom stereocenters. The molecular weight excluding hydrogens is 288 g/mol. The summed E-state index contributed by atoms with van der Waals surface area (Å²) in [6.07, 6.45) is 0. The standard InChI is InChI=1S/C16H14O6/c1-21-16-11(18)6-12-13(15(16)20)14(19)10(7-22-12)8-2-4-9(17)5-3-8/h2-6,10,17-18,20H,7H2,1H3/t10-/m1/s1. The second kappa shape index (κ2) is 5.14. The fraction of sp³-hybridized carbons (Fsp3) is 0.188. The van der Waals surface area contributed by atoms with Gasteiger partial charge >= 0.3 is 0 Å². The molecule has 22 heavy (non-hydrogen) atoms. The highest BCUT2D eigenvalue weighted by molar-refractivity contribution is 6.07. The highest BCUT2D eigenvalue weighted by Gasteiger charge is 2.35. The molecule has 0 saturated carbocycles. The maximum absolute atomic E-state index is 12.7. The lowest BCUT2D eigenvalue weighted by atomic mass is 9.88. The molecule has 3 rings (SSSR count). The fourth-order valence-electron chi connectivity index (χ4n) is 2.54. The minimum Gasteiger partial charge on any atom is -0.508 e. The first-order chi connectivity index (χ1) is 10.5. The number of methoxy groups -OCH3 is 1. The van der Waals surface area contributed by atoms with Gasteiger partial charge in [-0.2, -0.15) is 0 Å². The van der Waals surface area contributed by atoms with Crippen molar-refractivity contribution < 1.29 is 29.6 Å². The Morgan fingerprint density at radius 3 is 2.50 bits per heavy atom. The molecule has 0 saturated heterocycles. The van der Waals surface area contributed by atoms with Crippen molar-refractivity contribution in [3.8, 4) is 28.7 Å². The minimum absolute atomic E-state index is 0.0148. The molecule has 1 aliphatic rings. The molecule has 0 bridgehead atoms. The maximum Gasteiger partial charge on any atom is 0.203 e. The number of phenols is 3. The van der Waals surface area contributed by atoms with Crippen LogP contribution < -0.4 is 9.47 Å². The molecule has 0 radical (unpaired) electrons. The summed E-state index contributed by atoms with van der Waals surface area (Å²) in [5.41, 5.74) is 0.652. The Bertz CT molecular complexity index is 735. The van der Waals surface area contributed by atoms with E-state index in [0.717, 1.165) is 0 Å². The van der Waals surface area contributed by atoms with Crippen molar-refractivity contribution in [1.29, 1.82) is 0 Å². The zero-order valence-corrected chi connectivity index (χ0v) is 11.7. The van der Waals surface area contributed by atoms with E-state index in [0.29, 0.717) is 5.56 Å². The molecule has 1 aliphatic heterocycles. The Morgan fingerprint density at radius 1 is 1.18 bits per heavy atom. The van der Waals surface area contributed by atoms with E-state index < -0.39 is 11.7 Å². The molecule has 1 atom stereocenters. The number of Topliss-reactive ketones (excluding diaryl/α,β-unsaturated/α-hetero) is 1. The Kier molecular flexibility index (Phi) is 3.29. The van der Waals surface area contributed by atoms with Gasteiger partial charge in [0.25, 0.3) is 0 Å². The smallest absolute Gasteiger partial charge is 0.203 e. The molecule has 0 aliphatic carbocycles. The SMILES string of the molecule is COc1c(O)cc2c(c1O)C(=O)[C@@H](c1ccc(O)cc1)CO2. The van der Waals surface area contributed by atoms with Crippen molar-refractivity contribution in [1.82, 2.24) is 0 Å². The van der Waals surface area contributed by atoms with E-state index in [2.05, 4.69) is 0 Å². The Morgan fingerprint density at radius 2 is 1.86 bits per heavy atom. The third-order valence-electron chi connectivity index (χ3n) is 3.67. The number of fused-ring (bicyclic) bond motifs is 1. The molecule has 2 aromatic carbocycles. The van der Waals surface area contributed by atoms with Crippen molar-refractivity contribution in [3.05, 3.63) is 41.5 Å². The Balaban J connectivity index is 2.07. The van der Waals surface area contributed by atoms with E-state index in [1.807, 2.05) is 0 Å². The van der Waals surface area contributed by atoms with Crippen LogP contribution in [0.1, 0.15) is 21.8 Å². The van der Waals surface area contributed by atoms with Gasteiger partial charge in [-0.3, -0.25) is 4.79 Å². The lowest BCUT2D eigenvalue weighted by Gasteiger charge is -2.26. The monoisotopic (exact) mass is 302 g/mol. The van der Waals surface area contributed by atoms with Crippen LogP contribution in [0.3, 0.4) is 0 Å². The van der Waals surface area contributed by atoms with Gasteiger partial charge in [0, 0.05) is 6.07 Å². The molecular formula is C16H14O6. The average Bonchev–Trinajstić information content (AvgIpc) is 2.49. The van der Waals surface area contributed by atoms with E-state index in [4.69, 9.17) is 9.47 Å². The van der Waals surface area contributed by atoms with Crippen LogP contribution in [0.2, 0.25) is 0 Å². The largest absolute Gasteiger partial charge is 0.508 e. The number of ether oxygens (including phenoxy) is 2. The van der Waals surface area contributed by atoms with Crippen LogP contribution in [0.25, 0.3) is 0 Å². The Labute approximate surface area is 126 Å². The van der Waals surface area contributed by atoms with Gasteiger partial charge < -0.3 is 24.8 Å². The molecule has 0 amide bonds. The molecule has 6 nitrogen and oxygen atoms in total. The number of carbonyl (C=O) groups excluding carboxylic acids is 1. The molecule has 114 valence electrons. The number of carbonyl (C=O) groups is 1. The number of hydrogen-bond donors (Lipinski definition) is 3. The summed E-state index contributed by atoms with van der Waals surface area (Å²) in [4.78, 5) is 12.7. The van der Waals surface area contributed by atoms with Gasteiger partial charge in [-0.1, -0.05) is 12.1 Å². The number of phenolic OH excluding ortho intramolecular Hbond substituents is 3. The number of benzene rings is 2. The van der Waals surface area contributed by atoms with Crippen LogP contribution in [0, 0.1) is 0 Å². The highest BCUT2D eigenvalue weighted by atomic mass is 16.5. The number of ketones is 1. The van der Waals surface area contributed by atoms with Gasteiger partial charge in [-0.05, 0) is 17.7 Å². The van der Waals surface area contributed by atoms with E-state index in [1.165, 1.54) is 25.3 Å². The lowest BCUT2D eigenvalue weighted by molar-refractivity contribution is 0.0891. The summed E-state index contributed by atoms with van der Waals surface area (Å²) in [6.45, 7) is 0.0851. The summed E-state index contributed by atoms with van der Waals surface area (Å²) >= 11 is 0. The van der Waals surface area contributed by atoms with Crippen LogP contribution in [0.5, 0.6) is 28.7 Å². The zero-order chi connectivity index (χ0) is 15.9. The normalized spacial score (nSPS) is 16.8. The summed E-state index contributed by atoms with van der Waals surface area (Å²) in [6, 6.07) is 7.46. The first-order valence-electron chi connectivity index (χ1n) is 6.61. The van der Waals surface area contributed by atoms with Crippen LogP contribution >= 0.6 is 0 Å². The second-order valence-corrected chi connectivity index (χ2v) is 4.97. The van der Waals surface area contributed by atoms with Gasteiger partial charge in [0.1, 0.15) is 23.7 Å². The van der Waals surface area contributed by atoms with Crippen LogP contribution in [-0.4, -0.2) is 34.8 Å². The highest BCUT2D eigenvalue weighted by Crippen LogP contribution is 2.47. The van der Waals surface area contributed by atoms with Gasteiger partial charge in [-0.15, -0.1) is 0 Å². The molecule has 0 fully saturated rings. The molecule has 3 N–H and O–H groups in total. The van der Waals surface area contributed by atoms with E-state index in [-0.39, 0.29) is 41.0 Å². The van der Waals surface area contributed by atoms with Crippen LogP contribution in [0.15, 0.2) is 30.3 Å². The van der Waals surface area contributed by atoms with Crippen molar-refractivity contribution in [3.63, 3.8) is 0 Å². The fourth-order valence-corrected chi connectivity index (χ4v) is 2.54. The third kappa shape index (κ3) is 2.09. The number of hydrogen-bond acceptors (Lipinski definition) is 6. The van der Waals surface area contributed by atoms with Gasteiger partial charge in [0.15, 0.2) is 17.3 Å². The van der Waals surface area contributed by atoms with Gasteiger partial charge in [-0.25, -0.2) is 0 Å². The molecule has 6 heteroatoms. The minimum atomic E-state index is -0.603. The number of rotatable bonds is 2. The van der Waals surface area contributed by atoms with Crippen molar-refractivity contribution >= 4 is 5.78 Å². The zero-order valence-electron chi connectivity index (χ0n) is 11.7. The quantitative estimate of drug-likeness (QED) is 0.787. The molecule has 0 aromatic heterocycles. The average molecular weight is 302 g/mol. The van der Waals surface area contributed by atoms with Crippen molar-refractivity contribution in [2.75, 3.05) is 13.7 Å². The topological polar surface area (TPSA) is 96.2 Å². The van der Waals surface area contributed by atoms with Gasteiger partial charge in [0.2, 0.25) is 5.75 Å². The predicted octanol–water partition coefficient (Wildman–Crippen LogP) is 2.17. The molecule has 1 heterocycles. The van der Waals surface area contributed by atoms with E-state index in [9.17, 15) is 20.1 Å². The van der Waals surface area contributed by atoms with Crippen LogP contribution in [-0.2, 0) is 0 Å². The lowest BCUT2D eigenvalue weighted by Crippen LogP contribution is -2.26. The first kappa shape index (κ1) is 14.1. The van der Waals surface area contributed by atoms with Crippen LogP contribution in [0.4, 0.5) is 0 Å². The third-order valence-corrected chi connectivity index (χ3v) is 3.67. The van der Waals surface area contributed by atoms with Crippen molar-refractivity contribution in [2.24, 2.45) is 0 Å². The second-order valence-electron chi connectivity index (χ2n) is 4.97. The molecule has 2 aromatic rings. The Hall–Kier alpha value is -2.89. The molecule has 0 spiro atoms. The van der Waals surface area contributed by atoms with Gasteiger partial charge in [0.05, 0.1) is 13.0 Å².